The lowest BCUT2D eigenvalue weighted by Gasteiger charge is -2.65. The standard InChI is InChI=1S/C20H22O6/c1-18-9-14(11-5-8-24-10-11)25-16(21)12(18)3-6-19(2)15(18)13-4-7-20(19,23)17(22)26-13/h4-5,7-8,10,12-15,23H,3,6,9H2,1-2H3/t12-,13+,14-,15-,18+,19+,20-/m1/s1. The van der Waals surface area contributed by atoms with Gasteiger partial charge >= 0.3 is 11.9 Å². The van der Waals surface area contributed by atoms with Crippen molar-refractivity contribution in [3.05, 3.63) is 36.3 Å². The molecule has 2 saturated heterocycles. The number of hydrogen-bond donors (Lipinski definition) is 1. The Morgan fingerprint density at radius 3 is 2.73 bits per heavy atom. The summed E-state index contributed by atoms with van der Waals surface area (Å²) in [5.41, 5.74) is -1.91. The molecule has 3 fully saturated rings. The molecule has 1 saturated carbocycles. The Bertz CT molecular complexity index is 812. The summed E-state index contributed by atoms with van der Waals surface area (Å²) in [5, 5.41) is 11.2. The van der Waals surface area contributed by atoms with Gasteiger partial charge in [-0.1, -0.05) is 13.8 Å². The van der Waals surface area contributed by atoms with E-state index in [0.717, 1.165) is 5.56 Å². The SMILES string of the molecule is C[C@]12C[C@H](c3ccoc3)OC(=O)[C@H]1CC[C@@]1(C)[C@@H]2[C@@H]2C=C[C@@]1(O)C(=O)O2. The largest absolute Gasteiger partial charge is 0.472 e. The van der Waals surface area contributed by atoms with E-state index in [4.69, 9.17) is 13.9 Å². The molecule has 6 rings (SSSR count). The summed E-state index contributed by atoms with van der Waals surface area (Å²) in [6, 6.07) is 1.81. The predicted octanol–water partition coefficient (Wildman–Crippen LogP) is 2.53. The number of fused-ring (bicyclic) bond motifs is 2. The lowest BCUT2D eigenvalue weighted by atomic mass is 9.42. The minimum Gasteiger partial charge on any atom is -0.472 e. The van der Waals surface area contributed by atoms with Crippen molar-refractivity contribution in [2.24, 2.45) is 22.7 Å². The number of aliphatic hydroxyl groups is 1. The van der Waals surface area contributed by atoms with Gasteiger partial charge in [-0.25, -0.2) is 4.79 Å². The summed E-state index contributed by atoms with van der Waals surface area (Å²) in [6.45, 7) is 4.04. The normalized spacial score (nSPS) is 49.2. The van der Waals surface area contributed by atoms with Crippen molar-refractivity contribution >= 4 is 11.9 Å². The monoisotopic (exact) mass is 358 g/mol. The summed E-state index contributed by atoms with van der Waals surface area (Å²) in [5.74, 6) is -1.20. The van der Waals surface area contributed by atoms with Gasteiger partial charge in [-0.3, -0.25) is 4.79 Å². The smallest absolute Gasteiger partial charge is 0.343 e. The van der Waals surface area contributed by atoms with Crippen LogP contribution in [0.15, 0.2) is 35.2 Å². The maximum Gasteiger partial charge on any atom is 0.343 e. The Labute approximate surface area is 151 Å². The van der Waals surface area contributed by atoms with Crippen LogP contribution in [0.25, 0.3) is 0 Å². The van der Waals surface area contributed by atoms with Gasteiger partial charge in [0.1, 0.15) is 12.2 Å². The van der Waals surface area contributed by atoms with Gasteiger partial charge < -0.3 is 19.0 Å². The topological polar surface area (TPSA) is 86.0 Å². The van der Waals surface area contributed by atoms with Crippen LogP contribution in [0.5, 0.6) is 0 Å². The molecule has 4 heterocycles. The minimum atomic E-state index is -1.63. The van der Waals surface area contributed by atoms with Gasteiger partial charge in [-0.05, 0) is 42.9 Å². The maximum atomic E-state index is 12.8. The van der Waals surface area contributed by atoms with Crippen molar-refractivity contribution in [3.8, 4) is 0 Å². The molecule has 6 nitrogen and oxygen atoms in total. The molecule has 6 heteroatoms. The average Bonchev–Trinajstić information content (AvgIpc) is 3.10. The fourth-order valence-electron chi connectivity index (χ4n) is 6.16. The van der Waals surface area contributed by atoms with E-state index in [0.29, 0.717) is 19.3 Å². The second-order valence-electron chi connectivity index (χ2n) is 8.67. The third-order valence-electron chi connectivity index (χ3n) is 7.51. The first kappa shape index (κ1) is 16.1. The van der Waals surface area contributed by atoms with Crippen LogP contribution in [0.1, 0.15) is 44.8 Å². The second kappa shape index (κ2) is 4.80. The Hall–Kier alpha value is -2.08. The van der Waals surface area contributed by atoms with Gasteiger partial charge in [0.2, 0.25) is 0 Å². The first-order valence-corrected chi connectivity index (χ1v) is 9.15. The highest BCUT2D eigenvalue weighted by Crippen LogP contribution is 2.67. The molecule has 0 radical (unpaired) electrons. The van der Waals surface area contributed by atoms with Crippen LogP contribution < -0.4 is 0 Å². The number of cyclic esters (lactones) is 1. The van der Waals surface area contributed by atoms with Crippen LogP contribution in [-0.2, 0) is 19.1 Å². The summed E-state index contributed by atoms with van der Waals surface area (Å²) in [4.78, 5) is 25.2. The highest BCUT2D eigenvalue weighted by molar-refractivity contribution is 5.86. The van der Waals surface area contributed by atoms with E-state index in [1.165, 1.54) is 0 Å². The Balaban J connectivity index is 1.61. The van der Waals surface area contributed by atoms with Crippen LogP contribution in [0, 0.1) is 22.7 Å². The van der Waals surface area contributed by atoms with Crippen molar-refractivity contribution in [2.75, 3.05) is 0 Å². The maximum absolute atomic E-state index is 12.8. The molecule has 1 aromatic heterocycles. The zero-order chi connectivity index (χ0) is 18.3. The van der Waals surface area contributed by atoms with E-state index < -0.39 is 28.5 Å². The van der Waals surface area contributed by atoms with E-state index >= 15 is 0 Å². The van der Waals surface area contributed by atoms with E-state index in [2.05, 4.69) is 6.92 Å². The van der Waals surface area contributed by atoms with Crippen LogP contribution in [0.4, 0.5) is 0 Å². The van der Waals surface area contributed by atoms with E-state index in [-0.39, 0.29) is 23.9 Å². The molecule has 5 aliphatic rings. The van der Waals surface area contributed by atoms with Crippen molar-refractivity contribution in [1.29, 1.82) is 0 Å². The van der Waals surface area contributed by atoms with Crippen LogP contribution in [0.3, 0.4) is 0 Å². The van der Waals surface area contributed by atoms with Crippen LogP contribution in [0.2, 0.25) is 0 Å². The van der Waals surface area contributed by atoms with Gasteiger partial charge in [0.25, 0.3) is 0 Å². The Morgan fingerprint density at radius 2 is 2.04 bits per heavy atom. The fourth-order valence-corrected chi connectivity index (χ4v) is 6.16. The quantitative estimate of drug-likeness (QED) is 0.613. The highest BCUT2D eigenvalue weighted by atomic mass is 16.6. The zero-order valence-corrected chi connectivity index (χ0v) is 14.8. The van der Waals surface area contributed by atoms with E-state index in [1.807, 2.05) is 13.0 Å². The molecule has 0 spiro atoms. The molecule has 7 atom stereocenters. The van der Waals surface area contributed by atoms with Crippen molar-refractivity contribution in [2.45, 2.75) is 50.9 Å². The summed E-state index contributed by atoms with van der Waals surface area (Å²) in [6.07, 6.45) is 7.52. The first-order chi connectivity index (χ1) is 12.3. The molecule has 0 unspecified atom stereocenters. The number of carbonyl (C=O) groups excluding carboxylic acids is 2. The summed E-state index contributed by atoms with van der Waals surface area (Å²) < 4.78 is 16.4. The fraction of sp³-hybridized carbons (Fsp3) is 0.600. The third kappa shape index (κ3) is 1.71. The third-order valence-corrected chi connectivity index (χ3v) is 7.51. The molecule has 0 amide bonds. The summed E-state index contributed by atoms with van der Waals surface area (Å²) in [7, 11) is 0. The molecule has 1 aromatic rings. The first-order valence-electron chi connectivity index (χ1n) is 9.15. The molecule has 26 heavy (non-hydrogen) atoms. The van der Waals surface area contributed by atoms with Gasteiger partial charge in [0.05, 0.1) is 18.4 Å². The lowest BCUT2D eigenvalue weighted by Crippen LogP contribution is -2.72. The second-order valence-corrected chi connectivity index (χ2v) is 8.67. The Kier molecular flexibility index (Phi) is 2.97. The molecule has 2 bridgehead atoms. The number of carbonyl (C=O) groups is 2. The molecule has 2 aliphatic carbocycles. The molecule has 3 aliphatic heterocycles. The molecule has 1 N–H and O–H groups in total. The number of hydrogen-bond acceptors (Lipinski definition) is 6. The van der Waals surface area contributed by atoms with Gasteiger partial charge in [-0.2, -0.15) is 0 Å². The zero-order valence-electron chi connectivity index (χ0n) is 14.8. The average molecular weight is 358 g/mol. The van der Waals surface area contributed by atoms with Gasteiger partial charge in [0.15, 0.2) is 5.60 Å². The van der Waals surface area contributed by atoms with Crippen LogP contribution >= 0.6 is 0 Å². The Morgan fingerprint density at radius 1 is 1.23 bits per heavy atom. The number of rotatable bonds is 1. The molecule has 0 aromatic carbocycles. The molecular formula is C20H22O6. The van der Waals surface area contributed by atoms with E-state index in [1.54, 1.807) is 24.7 Å². The predicted molar refractivity (Wildman–Crippen MR) is 88.6 cm³/mol. The summed E-state index contributed by atoms with van der Waals surface area (Å²) >= 11 is 0. The van der Waals surface area contributed by atoms with Crippen molar-refractivity contribution in [3.63, 3.8) is 0 Å². The number of furan rings is 1. The molecular weight excluding hydrogens is 336 g/mol. The number of esters is 2. The van der Waals surface area contributed by atoms with Crippen LogP contribution in [-0.4, -0.2) is 28.8 Å². The van der Waals surface area contributed by atoms with Crippen molar-refractivity contribution in [1.82, 2.24) is 0 Å². The lowest BCUT2D eigenvalue weighted by molar-refractivity contribution is -0.259. The van der Waals surface area contributed by atoms with Gasteiger partial charge in [-0.15, -0.1) is 0 Å². The van der Waals surface area contributed by atoms with Gasteiger partial charge in [0, 0.05) is 16.9 Å². The molecule has 138 valence electrons. The minimum absolute atomic E-state index is 0.149. The number of ether oxygens (including phenoxy) is 2. The van der Waals surface area contributed by atoms with Crippen molar-refractivity contribution < 1.29 is 28.6 Å². The highest BCUT2D eigenvalue weighted by Gasteiger charge is 2.72. The van der Waals surface area contributed by atoms with E-state index in [9.17, 15) is 14.7 Å².